The average molecular weight is 333 g/mol. The van der Waals surface area contributed by atoms with Gasteiger partial charge >= 0.3 is 11.9 Å². The van der Waals surface area contributed by atoms with Gasteiger partial charge in [0.15, 0.2) is 5.16 Å². The van der Waals surface area contributed by atoms with Crippen LogP contribution in [0.2, 0.25) is 5.02 Å². The number of rotatable bonds is 5. The van der Waals surface area contributed by atoms with Gasteiger partial charge in [-0.15, -0.1) is 0 Å². The van der Waals surface area contributed by atoms with Crippen LogP contribution in [0.3, 0.4) is 0 Å². The maximum atomic E-state index is 13.5. The van der Waals surface area contributed by atoms with E-state index in [1.807, 2.05) is 0 Å². The van der Waals surface area contributed by atoms with Crippen LogP contribution in [0.5, 0.6) is 0 Å². The number of nitrogens with zero attached hydrogens (tertiary/aromatic N) is 2. The van der Waals surface area contributed by atoms with E-state index in [0.717, 1.165) is 17.8 Å². The van der Waals surface area contributed by atoms with Crippen molar-refractivity contribution in [1.29, 1.82) is 0 Å². The number of benzene rings is 1. The molecule has 1 heterocycles. The molecular weight excluding hydrogens is 323 g/mol. The number of carboxylic acids is 1. The van der Waals surface area contributed by atoms with Crippen molar-refractivity contribution in [3.05, 3.63) is 23.0 Å². The molecule has 2 aromatic rings. The third-order valence-corrected chi connectivity index (χ3v) is 3.85. The number of ether oxygens (including phenoxy) is 1. The van der Waals surface area contributed by atoms with Crippen LogP contribution in [0.25, 0.3) is 11.0 Å². The van der Waals surface area contributed by atoms with Crippen molar-refractivity contribution < 1.29 is 23.8 Å². The normalized spacial score (nSPS) is 10.8. The Hall–Kier alpha value is -1.80. The van der Waals surface area contributed by atoms with Gasteiger partial charge in [-0.3, -0.25) is 9.59 Å². The van der Waals surface area contributed by atoms with E-state index >= 15 is 0 Å². The third-order valence-electron chi connectivity index (χ3n) is 2.59. The molecule has 0 bridgehead atoms. The molecule has 6 nitrogen and oxygen atoms in total. The molecule has 0 saturated heterocycles. The second-order valence-electron chi connectivity index (χ2n) is 3.99. The summed E-state index contributed by atoms with van der Waals surface area (Å²) in [6.45, 7) is -0.170. The van der Waals surface area contributed by atoms with Crippen LogP contribution in [-0.4, -0.2) is 39.5 Å². The molecule has 1 N–H and O–H groups in total. The van der Waals surface area contributed by atoms with Crippen LogP contribution in [0.15, 0.2) is 17.3 Å². The van der Waals surface area contributed by atoms with Gasteiger partial charge in [0.2, 0.25) is 0 Å². The summed E-state index contributed by atoms with van der Waals surface area (Å²) in [5, 5.41) is 8.90. The van der Waals surface area contributed by atoms with Crippen molar-refractivity contribution in [1.82, 2.24) is 9.55 Å². The van der Waals surface area contributed by atoms with Crippen molar-refractivity contribution in [3.63, 3.8) is 0 Å². The van der Waals surface area contributed by atoms with Gasteiger partial charge in [0.25, 0.3) is 0 Å². The lowest BCUT2D eigenvalue weighted by atomic mass is 10.3. The Labute approximate surface area is 127 Å². The molecule has 21 heavy (non-hydrogen) atoms. The largest absolute Gasteiger partial charge is 0.481 e. The van der Waals surface area contributed by atoms with Gasteiger partial charge in [0.1, 0.15) is 12.4 Å². The van der Waals surface area contributed by atoms with E-state index in [9.17, 15) is 14.0 Å². The molecule has 112 valence electrons. The third kappa shape index (κ3) is 3.45. The summed E-state index contributed by atoms with van der Waals surface area (Å²) < 4.78 is 19.5. The molecule has 0 spiro atoms. The maximum absolute atomic E-state index is 13.5. The molecule has 0 aliphatic rings. The van der Waals surface area contributed by atoms with Gasteiger partial charge in [0, 0.05) is 6.07 Å². The molecule has 0 atom stereocenters. The fourth-order valence-corrected chi connectivity index (χ4v) is 2.57. The van der Waals surface area contributed by atoms with E-state index in [1.165, 1.54) is 17.7 Å². The highest BCUT2D eigenvalue weighted by atomic mass is 35.5. The maximum Gasteiger partial charge on any atom is 0.325 e. The standard InChI is InChI=1S/C12H10ClFN2O4S/c1-20-11(19)4-16-9-2-6(13)7(14)3-8(9)15-12(16)21-5-10(17)18/h2-3H,4-5H2,1H3,(H,17,18). The summed E-state index contributed by atoms with van der Waals surface area (Å²) in [4.78, 5) is 26.2. The molecule has 0 unspecified atom stereocenters. The zero-order chi connectivity index (χ0) is 15.6. The Morgan fingerprint density at radius 2 is 2.24 bits per heavy atom. The number of hydrogen-bond acceptors (Lipinski definition) is 5. The van der Waals surface area contributed by atoms with Crippen molar-refractivity contribution in [3.8, 4) is 0 Å². The second kappa shape index (κ2) is 6.31. The Bertz CT molecular complexity index is 719. The first kappa shape index (κ1) is 15.6. The summed E-state index contributed by atoms with van der Waals surface area (Å²) in [5.74, 6) is -2.43. The molecule has 1 aromatic carbocycles. The number of hydrogen-bond donors (Lipinski definition) is 1. The van der Waals surface area contributed by atoms with E-state index in [1.54, 1.807) is 0 Å². The average Bonchev–Trinajstić information content (AvgIpc) is 2.74. The molecule has 1 aromatic heterocycles. The highest BCUT2D eigenvalue weighted by Crippen LogP contribution is 2.28. The van der Waals surface area contributed by atoms with Crippen LogP contribution < -0.4 is 0 Å². The van der Waals surface area contributed by atoms with Gasteiger partial charge in [-0.05, 0) is 6.07 Å². The lowest BCUT2D eigenvalue weighted by Gasteiger charge is -2.06. The quantitative estimate of drug-likeness (QED) is 0.667. The van der Waals surface area contributed by atoms with Gasteiger partial charge in [0.05, 0.1) is 28.9 Å². The second-order valence-corrected chi connectivity index (χ2v) is 5.34. The molecule has 0 saturated carbocycles. The summed E-state index contributed by atoms with van der Waals surface area (Å²) in [6, 6.07) is 2.48. The van der Waals surface area contributed by atoms with Crippen LogP contribution in [0.4, 0.5) is 4.39 Å². The number of halogens is 2. The molecule has 2 rings (SSSR count). The number of thioether (sulfide) groups is 1. The summed E-state index contributed by atoms with van der Waals surface area (Å²) in [6.07, 6.45) is 0. The monoisotopic (exact) mass is 332 g/mol. The van der Waals surface area contributed by atoms with E-state index in [-0.39, 0.29) is 28.0 Å². The number of methoxy groups -OCH3 is 1. The molecule has 0 aliphatic carbocycles. The number of esters is 1. The Morgan fingerprint density at radius 3 is 2.86 bits per heavy atom. The number of carboxylic acid groups (broad SMARTS) is 1. The first-order valence-corrected chi connectivity index (χ1v) is 7.05. The van der Waals surface area contributed by atoms with E-state index in [0.29, 0.717) is 5.52 Å². The summed E-state index contributed by atoms with van der Waals surface area (Å²) in [7, 11) is 1.23. The number of aromatic nitrogens is 2. The van der Waals surface area contributed by atoms with E-state index in [4.69, 9.17) is 16.7 Å². The predicted molar refractivity (Wildman–Crippen MR) is 75.1 cm³/mol. The van der Waals surface area contributed by atoms with Crippen LogP contribution in [0, 0.1) is 5.82 Å². The highest BCUT2D eigenvalue weighted by molar-refractivity contribution is 7.99. The minimum atomic E-state index is -1.03. The van der Waals surface area contributed by atoms with Crippen LogP contribution in [0.1, 0.15) is 0 Å². The molecule has 0 radical (unpaired) electrons. The smallest absolute Gasteiger partial charge is 0.325 e. The first-order valence-electron chi connectivity index (χ1n) is 5.69. The molecule has 0 fully saturated rings. The minimum Gasteiger partial charge on any atom is -0.481 e. The van der Waals surface area contributed by atoms with E-state index < -0.39 is 17.8 Å². The van der Waals surface area contributed by atoms with Gasteiger partial charge in [-0.1, -0.05) is 23.4 Å². The van der Waals surface area contributed by atoms with Crippen molar-refractivity contribution in [2.45, 2.75) is 11.7 Å². The zero-order valence-corrected chi connectivity index (χ0v) is 12.4. The molecule has 0 amide bonds. The number of carbonyl (C=O) groups excluding carboxylic acids is 1. The fraction of sp³-hybridized carbons (Fsp3) is 0.250. The molecular formula is C12H10ClFN2O4S. The number of aliphatic carboxylic acids is 1. The van der Waals surface area contributed by atoms with Crippen LogP contribution in [-0.2, 0) is 20.9 Å². The van der Waals surface area contributed by atoms with Crippen molar-refractivity contribution >= 4 is 46.3 Å². The van der Waals surface area contributed by atoms with Crippen LogP contribution >= 0.6 is 23.4 Å². The highest BCUT2D eigenvalue weighted by Gasteiger charge is 2.17. The first-order chi connectivity index (χ1) is 9.92. The van der Waals surface area contributed by atoms with Gasteiger partial charge < -0.3 is 14.4 Å². The fourth-order valence-electron chi connectivity index (χ4n) is 1.68. The minimum absolute atomic E-state index is 0.108. The zero-order valence-electron chi connectivity index (χ0n) is 10.8. The van der Waals surface area contributed by atoms with Crippen molar-refractivity contribution in [2.75, 3.05) is 12.9 Å². The predicted octanol–water partition coefficient (Wildman–Crippen LogP) is 2.18. The Balaban J connectivity index is 2.51. The summed E-state index contributed by atoms with van der Waals surface area (Å²) in [5.41, 5.74) is 0.716. The SMILES string of the molecule is COC(=O)Cn1c(SCC(=O)O)nc2cc(F)c(Cl)cc21. The molecule has 9 heteroatoms. The summed E-state index contributed by atoms with van der Waals surface area (Å²) >= 11 is 6.66. The Morgan fingerprint density at radius 1 is 1.52 bits per heavy atom. The van der Waals surface area contributed by atoms with Gasteiger partial charge in [-0.2, -0.15) is 0 Å². The topological polar surface area (TPSA) is 81.4 Å². The van der Waals surface area contributed by atoms with Gasteiger partial charge in [-0.25, -0.2) is 9.37 Å². The number of carbonyl (C=O) groups is 2. The Kier molecular flexibility index (Phi) is 4.69. The number of imidazole rings is 1. The number of fused-ring (bicyclic) bond motifs is 1. The lowest BCUT2D eigenvalue weighted by molar-refractivity contribution is -0.141. The molecule has 0 aliphatic heterocycles. The van der Waals surface area contributed by atoms with E-state index in [2.05, 4.69) is 9.72 Å². The lowest BCUT2D eigenvalue weighted by Crippen LogP contribution is -2.13. The van der Waals surface area contributed by atoms with Crippen molar-refractivity contribution in [2.24, 2.45) is 0 Å².